The highest BCUT2D eigenvalue weighted by Gasteiger charge is 2.48. The molecule has 0 heterocycles. The van der Waals surface area contributed by atoms with Gasteiger partial charge in [0.25, 0.3) is 0 Å². The topological polar surface area (TPSA) is 40.5 Å². The van der Waals surface area contributed by atoms with Gasteiger partial charge in [0.1, 0.15) is 5.75 Å². The van der Waals surface area contributed by atoms with E-state index >= 15 is 0 Å². The minimum absolute atomic E-state index is 0.143. The van der Waals surface area contributed by atoms with Crippen molar-refractivity contribution < 1.29 is 10.2 Å². The number of fused-ring (bicyclic) bond motifs is 2. The largest absolute Gasteiger partial charge is 0.508 e. The molecule has 5 atom stereocenters. The van der Waals surface area contributed by atoms with Crippen LogP contribution in [0.4, 0.5) is 0 Å². The van der Waals surface area contributed by atoms with Gasteiger partial charge in [-0.05, 0) is 104 Å². The van der Waals surface area contributed by atoms with Crippen molar-refractivity contribution in [3.63, 3.8) is 0 Å². The van der Waals surface area contributed by atoms with E-state index in [1.807, 2.05) is 6.07 Å². The van der Waals surface area contributed by atoms with Gasteiger partial charge in [-0.2, -0.15) is 0 Å². The molecule has 2 heteroatoms. The van der Waals surface area contributed by atoms with Crippen molar-refractivity contribution in [1.29, 1.82) is 0 Å². The van der Waals surface area contributed by atoms with Gasteiger partial charge in [0.15, 0.2) is 0 Å². The average Bonchev–Trinajstić information content (AvgIpc) is 2.62. The summed E-state index contributed by atoms with van der Waals surface area (Å²) in [4.78, 5) is 0. The van der Waals surface area contributed by atoms with Crippen LogP contribution in [0.15, 0.2) is 30.4 Å². The van der Waals surface area contributed by atoms with Crippen molar-refractivity contribution in [3.05, 3.63) is 41.5 Å². The summed E-state index contributed by atoms with van der Waals surface area (Å²) >= 11 is 0. The van der Waals surface area contributed by atoms with E-state index < -0.39 is 0 Å². The second-order valence-electron chi connectivity index (χ2n) is 9.72. The maximum absolute atomic E-state index is 10.1. The number of rotatable bonds is 4. The van der Waals surface area contributed by atoms with Crippen LogP contribution in [0.3, 0.4) is 0 Å². The van der Waals surface area contributed by atoms with Crippen LogP contribution >= 0.6 is 0 Å². The molecular weight excluding hydrogens is 332 g/mol. The van der Waals surface area contributed by atoms with Crippen molar-refractivity contribution in [2.24, 2.45) is 29.1 Å². The Balaban J connectivity index is 1.55. The monoisotopic (exact) mass is 368 g/mol. The van der Waals surface area contributed by atoms with Crippen molar-refractivity contribution in [2.75, 3.05) is 6.61 Å². The highest BCUT2D eigenvalue weighted by Crippen LogP contribution is 2.57. The molecule has 4 rings (SSSR count). The molecule has 0 radical (unpaired) electrons. The maximum atomic E-state index is 10.1. The van der Waals surface area contributed by atoms with Crippen LogP contribution in [0, 0.1) is 29.1 Å². The lowest BCUT2D eigenvalue weighted by Gasteiger charge is -2.54. The highest BCUT2D eigenvalue weighted by molar-refractivity contribution is 5.34. The molecule has 0 amide bonds. The first-order chi connectivity index (χ1) is 13.1. The molecule has 0 aliphatic heterocycles. The van der Waals surface area contributed by atoms with E-state index in [1.54, 1.807) is 6.07 Å². The second kappa shape index (κ2) is 7.99. The van der Waals surface area contributed by atoms with Crippen LogP contribution < -0.4 is 0 Å². The molecule has 2 saturated carbocycles. The minimum atomic E-state index is 0.143. The summed E-state index contributed by atoms with van der Waals surface area (Å²) in [5.74, 6) is 3.63. The number of allylic oxidation sites excluding steroid dienone is 2. The summed E-state index contributed by atoms with van der Waals surface area (Å²) in [6.07, 6.45) is 17.8. The van der Waals surface area contributed by atoms with Crippen LogP contribution in [0.2, 0.25) is 0 Å². The minimum Gasteiger partial charge on any atom is -0.508 e. The van der Waals surface area contributed by atoms with E-state index in [2.05, 4.69) is 25.1 Å². The third-order valence-corrected chi connectivity index (χ3v) is 7.78. The number of phenols is 1. The number of hydrogen-bond donors (Lipinski definition) is 2. The Labute approximate surface area is 164 Å². The molecule has 0 unspecified atom stereocenters. The number of aliphatic hydroxyl groups excluding tert-OH is 1. The number of benzene rings is 1. The lowest BCUT2D eigenvalue weighted by molar-refractivity contribution is -0.00558. The van der Waals surface area contributed by atoms with Gasteiger partial charge in [-0.15, -0.1) is 0 Å². The van der Waals surface area contributed by atoms with Gasteiger partial charge >= 0.3 is 0 Å². The fourth-order valence-electron chi connectivity index (χ4n) is 6.85. The van der Waals surface area contributed by atoms with E-state index in [9.17, 15) is 10.2 Å². The first kappa shape index (κ1) is 19.1. The Morgan fingerprint density at radius 1 is 1.07 bits per heavy atom. The first-order valence-electron chi connectivity index (χ1n) is 11.2. The molecule has 2 N–H and O–H groups in total. The van der Waals surface area contributed by atoms with Crippen LogP contribution in [0.25, 0.3) is 0 Å². The van der Waals surface area contributed by atoms with E-state index in [4.69, 9.17) is 0 Å². The van der Waals surface area contributed by atoms with Crippen LogP contribution in [0.1, 0.15) is 69.4 Å². The molecule has 1 spiro atoms. The smallest absolute Gasteiger partial charge is 0.116 e. The summed E-state index contributed by atoms with van der Waals surface area (Å²) in [6, 6.07) is 5.96. The highest BCUT2D eigenvalue weighted by atomic mass is 16.3. The third-order valence-electron chi connectivity index (χ3n) is 7.78. The van der Waals surface area contributed by atoms with Crippen LogP contribution in [0.5, 0.6) is 5.75 Å². The van der Waals surface area contributed by atoms with E-state index in [1.165, 1.54) is 56.9 Å². The Hall–Kier alpha value is -1.28. The van der Waals surface area contributed by atoms with Gasteiger partial charge < -0.3 is 10.2 Å². The lowest BCUT2D eigenvalue weighted by atomic mass is 9.51. The van der Waals surface area contributed by atoms with E-state index in [0.29, 0.717) is 17.6 Å². The average molecular weight is 369 g/mol. The summed E-state index contributed by atoms with van der Waals surface area (Å²) in [7, 11) is 0. The second-order valence-corrected chi connectivity index (χ2v) is 9.72. The summed E-state index contributed by atoms with van der Waals surface area (Å²) in [5, 5.41) is 19.4. The molecular formula is C25H36O2. The summed E-state index contributed by atoms with van der Waals surface area (Å²) < 4.78 is 0. The fraction of sp³-hybridized carbons (Fsp3) is 0.680. The fourth-order valence-corrected chi connectivity index (χ4v) is 6.85. The number of aromatic hydroxyl groups is 1. The molecule has 2 nitrogen and oxygen atoms in total. The van der Waals surface area contributed by atoms with Crippen molar-refractivity contribution in [1.82, 2.24) is 0 Å². The number of phenolic OH excluding ortho intramolecular Hbond substituents is 1. The zero-order chi connectivity index (χ0) is 18.9. The predicted octanol–water partition coefficient (Wildman–Crippen LogP) is 5.66. The third kappa shape index (κ3) is 3.97. The van der Waals surface area contributed by atoms with E-state index in [-0.39, 0.29) is 6.61 Å². The number of hydrogen-bond acceptors (Lipinski definition) is 2. The van der Waals surface area contributed by atoms with Gasteiger partial charge in [0, 0.05) is 6.61 Å². The lowest BCUT2D eigenvalue weighted by Crippen LogP contribution is -2.45. The first-order valence-corrected chi connectivity index (χ1v) is 11.2. The molecule has 0 bridgehead atoms. The van der Waals surface area contributed by atoms with Gasteiger partial charge in [-0.1, -0.05) is 38.0 Å². The number of aliphatic hydroxyl groups is 1. The van der Waals surface area contributed by atoms with Crippen molar-refractivity contribution in [3.8, 4) is 5.75 Å². The van der Waals surface area contributed by atoms with Gasteiger partial charge in [0.05, 0.1) is 0 Å². The quantitative estimate of drug-likeness (QED) is 0.673. The van der Waals surface area contributed by atoms with Crippen LogP contribution in [-0.2, 0) is 12.8 Å². The molecule has 1 aromatic rings. The van der Waals surface area contributed by atoms with Gasteiger partial charge in [-0.3, -0.25) is 0 Å². The Bertz CT molecular complexity index is 679. The maximum Gasteiger partial charge on any atom is 0.116 e. The molecule has 3 aliphatic carbocycles. The Morgan fingerprint density at radius 3 is 2.74 bits per heavy atom. The zero-order valence-corrected chi connectivity index (χ0v) is 16.9. The normalized spacial score (nSPS) is 35.9. The van der Waals surface area contributed by atoms with Crippen LogP contribution in [-0.4, -0.2) is 16.8 Å². The summed E-state index contributed by atoms with van der Waals surface area (Å²) in [5.41, 5.74) is 2.79. The predicted molar refractivity (Wildman–Crippen MR) is 111 cm³/mol. The summed E-state index contributed by atoms with van der Waals surface area (Å²) in [6.45, 7) is 2.58. The van der Waals surface area contributed by atoms with E-state index in [0.717, 1.165) is 35.7 Å². The molecule has 0 aromatic heterocycles. The molecule has 148 valence electrons. The van der Waals surface area contributed by atoms with Gasteiger partial charge in [0.2, 0.25) is 0 Å². The SMILES string of the molecule is C[C@@H]1CC=C[C@@]2(CCC[C@H]3[C@@H](Cc4cc(O)cc(CCO)c4)CCC[C@@H]32)C1. The Kier molecular flexibility index (Phi) is 5.64. The Morgan fingerprint density at radius 2 is 1.93 bits per heavy atom. The van der Waals surface area contributed by atoms with Crippen molar-refractivity contribution in [2.45, 2.75) is 71.1 Å². The zero-order valence-electron chi connectivity index (χ0n) is 16.9. The molecule has 3 aliphatic rings. The standard InChI is InChI=1S/C25H36O2/c1-18-5-3-10-25(17-18)11-4-7-23-21(6-2-8-24(23)25)14-20-13-19(9-12-26)15-22(27)16-20/h3,10,13,15-16,18,21,23-24,26-27H,2,4-9,11-12,14,17H2,1H3/t18-,21-,23+,24+,25-/m1/s1. The van der Waals surface area contributed by atoms with Crippen molar-refractivity contribution >= 4 is 0 Å². The van der Waals surface area contributed by atoms with Gasteiger partial charge in [-0.25, -0.2) is 0 Å². The molecule has 2 fully saturated rings. The molecule has 0 saturated heterocycles. The molecule has 27 heavy (non-hydrogen) atoms. The molecule has 1 aromatic carbocycles.